The maximum Gasteiger partial charge on any atom is 0.329 e. The number of carbonyl (C=O) groups is 2. The van der Waals surface area contributed by atoms with Crippen molar-refractivity contribution in [2.75, 3.05) is 33.0 Å². The normalized spacial score (nSPS) is 17.7. The topological polar surface area (TPSA) is 96.9 Å². The van der Waals surface area contributed by atoms with E-state index in [0.717, 1.165) is 6.42 Å². The van der Waals surface area contributed by atoms with Crippen molar-refractivity contribution < 1.29 is 24.2 Å². The van der Waals surface area contributed by atoms with Gasteiger partial charge in [0.1, 0.15) is 5.54 Å². The number of aliphatic carboxylic acids is 1. The molecule has 0 radical (unpaired) electrons. The quantitative estimate of drug-likeness (QED) is 0.582. The molecule has 19 heavy (non-hydrogen) atoms. The molecule has 0 spiro atoms. The Morgan fingerprint density at radius 3 is 2.58 bits per heavy atom. The number of carboxylic acids is 1. The van der Waals surface area contributed by atoms with Gasteiger partial charge in [-0.05, 0) is 6.42 Å². The van der Waals surface area contributed by atoms with Crippen molar-refractivity contribution in [3.05, 3.63) is 0 Å². The minimum Gasteiger partial charge on any atom is -0.480 e. The van der Waals surface area contributed by atoms with Crippen LogP contribution in [0.25, 0.3) is 0 Å². The summed E-state index contributed by atoms with van der Waals surface area (Å²) < 4.78 is 10.3. The molecule has 1 aliphatic heterocycles. The fourth-order valence-corrected chi connectivity index (χ4v) is 1.86. The molecule has 1 aliphatic rings. The number of hydrogen-bond acceptors (Lipinski definition) is 4. The molecule has 1 fully saturated rings. The van der Waals surface area contributed by atoms with Crippen LogP contribution in [0.2, 0.25) is 0 Å². The lowest BCUT2D eigenvalue weighted by molar-refractivity contribution is -0.148. The molecule has 0 aromatic carbocycles. The van der Waals surface area contributed by atoms with Crippen molar-refractivity contribution in [3.8, 4) is 0 Å². The van der Waals surface area contributed by atoms with Crippen LogP contribution in [0.5, 0.6) is 0 Å². The second-order valence-electron chi connectivity index (χ2n) is 4.49. The molecule has 1 saturated heterocycles. The van der Waals surface area contributed by atoms with Gasteiger partial charge in [-0.2, -0.15) is 0 Å². The molecule has 2 amide bonds. The molecule has 0 saturated carbocycles. The van der Waals surface area contributed by atoms with Crippen molar-refractivity contribution in [1.29, 1.82) is 0 Å². The highest BCUT2D eigenvalue weighted by Crippen LogP contribution is 2.20. The fraction of sp³-hybridized carbons (Fsp3) is 0.833. The maximum atomic E-state index is 11.7. The van der Waals surface area contributed by atoms with Crippen LogP contribution >= 0.6 is 0 Å². The van der Waals surface area contributed by atoms with Gasteiger partial charge in [0.05, 0.1) is 6.61 Å². The molecular weight excluding hydrogens is 252 g/mol. The first-order valence-corrected chi connectivity index (χ1v) is 6.55. The summed E-state index contributed by atoms with van der Waals surface area (Å²) in [6, 6.07) is -0.482. The Hall–Kier alpha value is -1.34. The van der Waals surface area contributed by atoms with Gasteiger partial charge in [0.15, 0.2) is 0 Å². The average molecular weight is 274 g/mol. The lowest BCUT2D eigenvalue weighted by Gasteiger charge is -2.33. The van der Waals surface area contributed by atoms with Gasteiger partial charge in [0.25, 0.3) is 0 Å². The van der Waals surface area contributed by atoms with Gasteiger partial charge < -0.3 is 25.2 Å². The number of rotatable bonds is 7. The van der Waals surface area contributed by atoms with E-state index in [1.165, 1.54) is 0 Å². The van der Waals surface area contributed by atoms with E-state index in [1.54, 1.807) is 0 Å². The van der Waals surface area contributed by atoms with Gasteiger partial charge in [0.2, 0.25) is 0 Å². The third-order valence-electron chi connectivity index (χ3n) is 2.99. The third-order valence-corrected chi connectivity index (χ3v) is 2.99. The van der Waals surface area contributed by atoms with Gasteiger partial charge in [-0.3, -0.25) is 0 Å². The van der Waals surface area contributed by atoms with Crippen LogP contribution in [0.4, 0.5) is 4.79 Å². The molecular formula is C12H22N2O5. The van der Waals surface area contributed by atoms with Crippen LogP contribution in [0.15, 0.2) is 0 Å². The third kappa shape index (κ3) is 5.04. The summed E-state index contributed by atoms with van der Waals surface area (Å²) in [5, 5.41) is 14.4. The number of nitrogens with one attached hydrogen (secondary N) is 2. The summed E-state index contributed by atoms with van der Waals surface area (Å²) in [7, 11) is 0. The number of urea groups is 1. The number of hydrogen-bond donors (Lipinski definition) is 3. The molecule has 0 bridgehead atoms. The Labute approximate surface area is 112 Å². The minimum absolute atomic E-state index is 0.280. The Balaban J connectivity index is 2.33. The molecule has 7 nitrogen and oxygen atoms in total. The van der Waals surface area contributed by atoms with E-state index in [4.69, 9.17) is 9.47 Å². The Bertz CT molecular complexity index is 302. The van der Waals surface area contributed by atoms with Gasteiger partial charge in [0, 0.05) is 39.2 Å². The van der Waals surface area contributed by atoms with Gasteiger partial charge >= 0.3 is 12.0 Å². The fourth-order valence-electron chi connectivity index (χ4n) is 1.86. The van der Waals surface area contributed by atoms with Crippen molar-refractivity contribution in [2.24, 2.45) is 0 Å². The van der Waals surface area contributed by atoms with E-state index in [-0.39, 0.29) is 12.8 Å². The molecule has 1 heterocycles. The van der Waals surface area contributed by atoms with E-state index in [2.05, 4.69) is 10.6 Å². The minimum atomic E-state index is -1.22. The molecule has 7 heteroatoms. The first-order valence-electron chi connectivity index (χ1n) is 6.55. The molecule has 0 aromatic heterocycles. The predicted molar refractivity (Wildman–Crippen MR) is 68.1 cm³/mol. The summed E-state index contributed by atoms with van der Waals surface area (Å²) in [5.41, 5.74) is -1.22. The van der Waals surface area contributed by atoms with Crippen molar-refractivity contribution in [2.45, 2.75) is 31.7 Å². The maximum absolute atomic E-state index is 11.7. The van der Waals surface area contributed by atoms with Gasteiger partial charge in [-0.1, -0.05) is 6.92 Å². The van der Waals surface area contributed by atoms with Crippen molar-refractivity contribution in [3.63, 3.8) is 0 Å². The lowest BCUT2D eigenvalue weighted by atomic mass is 9.90. The number of amides is 2. The summed E-state index contributed by atoms with van der Waals surface area (Å²) >= 11 is 0. The largest absolute Gasteiger partial charge is 0.480 e. The van der Waals surface area contributed by atoms with Crippen LogP contribution in [0.3, 0.4) is 0 Å². The van der Waals surface area contributed by atoms with Crippen LogP contribution in [0, 0.1) is 0 Å². The second-order valence-corrected chi connectivity index (χ2v) is 4.49. The van der Waals surface area contributed by atoms with E-state index in [9.17, 15) is 14.7 Å². The SMILES string of the molecule is CCCOCCNC(=O)NC1(C(=O)O)CCOCC1. The molecule has 1 rings (SSSR count). The highest BCUT2D eigenvalue weighted by molar-refractivity contribution is 5.86. The monoisotopic (exact) mass is 274 g/mol. The summed E-state index contributed by atoms with van der Waals surface area (Å²) in [6.07, 6.45) is 1.48. The van der Waals surface area contributed by atoms with E-state index in [1.807, 2.05) is 6.92 Å². The Kier molecular flexibility index (Phi) is 6.58. The van der Waals surface area contributed by atoms with Gasteiger partial charge in [-0.15, -0.1) is 0 Å². The van der Waals surface area contributed by atoms with E-state index >= 15 is 0 Å². The first-order chi connectivity index (χ1) is 9.10. The zero-order chi connectivity index (χ0) is 14.1. The molecule has 0 aromatic rings. The molecule has 0 aliphatic carbocycles. The van der Waals surface area contributed by atoms with Gasteiger partial charge in [-0.25, -0.2) is 9.59 Å². The van der Waals surface area contributed by atoms with Crippen LogP contribution in [-0.4, -0.2) is 55.6 Å². The Morgan fingerprint density at radius 2 is 2.00 bits per heavy atom. The lowest BCUT2D eigenvalue weighted by Crippen LogP contribution is -2.59. The van der Waals surface area contributed by atoms with Crippen LogP contribution in [0.1, 0.15) is 26.2 Å². The highest BCUT2D eigenvalue weighted by atomic mass is 16.5. The summed E-state index contributed by atoms with van der Waals surface area (Å²) in [6.45, 7) is 4.11. The zero-order valence-corrected chi connectivity index (χ0v) is 11.2. The average Bonchev–Trinajstić information content (AvgIpc) is 2.39. The van der Waals surface area contributed by atoms with E-state index in [0.29, 0.717) is 33.0 Å². The van der Waals surface area contributed by atoms with Crippen LogP contribution < -0.4 is 10.6 Å². The van der Waals surface area contributed by atoms with E-state index < -0.39 is 17.5 Å². The number of ether oxygens (including phenoxy) is 2. The van der Waals surface area contributed by atoms with Crippen LogP contribution in [-0.2, 0) is 14.3 Å². The second kappa shape index (κ2) is 7.96. The molecule has 110 valence electrons. The smallest absolute Gasteiger partial charge is 0.329 e. The molecule has 3 N–H and O–H groups in total. The standard InChI is InChI=1S/C12H22N2O5/c1-2-6-18-9-5-13-11(17)14-12(10(15)16)3-7-19-8-4-12/h2-9H2,1H3,(H,15,16)(H2,13,14,17). The zero-order valence-electron chi connectivity index (χ0n) is 11.2. The highest BCUT2D eigenvalue weighted by Gasteiger charge is 2.41. The number of carbonyl (C=O) groups excluding carboxylic acids is 1. The first kappa shape index (κ1) is 15.7. The molecule has 0 atom stereocenters. The Morgan fingerprint density at radius 1 is 1.32 bits per heavy atom. The summed E-state index contributed by atoms with van der Waals surface area (Å²) in [5.74, 6) is -1.02. The summed E-state index contributed by atoms with van der Waals surface area (Å²) in [4.78, 5) is 23.0. The molecule has 0 unspecified atom stereocenters. The predicted octanol–water partition coefficient (Wildman–Crippen LogP) is 0.346. The van der Waals surface area contributed by atoms with Crippen molar-refractivity contribution in [1.82, 2.24) is 10.6 Å². The number of carboxylic acid groups (broad SMARTS) is 1. The van der Waals surface area contributed by atoms with Crippen molar-refractivity contribution >= 4 is 12.0 Å².